The molecule has 16 heavy (non-hydrogen) atoms. The van der Waals surface area contributed by atoms with Crippen molar-refractivity contribution in [1.29, 1.82) is 0 Å². The molecule has 0 saturated carbocycles. The van der Waals surface area contributed by atoms with Gasteiger partial charge in [-0.2, -0.15) is 0 Å². The van der Waals surface area contributed by atoms with E-state index in [1.165, 1.54) is 0 Å². The molecule has 0 aliphatic carbocycles. The first-order valence-corrected chi connectivity index (χ1v) is 6.19. The van der Waals surface area contributed by atoms with E-state index < -0.39 is 0 Å². The van der Waals surface area contributed by atoms with Gasteiger partial charge in [-0.1, -0.05) is 6.92 Å². The molecule has 2 rings (SSSR count). The van der Waals surface area contributed by atoms with Crippen LogP contribution in [0.3, 0.4) is 0 Å². The second-order valence-electron chi connectivity index (χ2n) is 3.94. The summed E-state index contributed by atoms with van der Waals surface area (Å²) in [5.74, 6) is 1.64. The molecule has 2 heterocycles. The van der Waals surface area contributed by atoms with E-state index in [2.05, 4.69) is 28.4 Å². The van der Waals surface area contributed by atoms with E-state index in [0.717, 1.165) is 29.8 Å². The Hall–Kier alpha value is -1.09. The van der Waals surface area contributed by atoms with Crippen LogP contribution in [0.2, 0.25) is 0 Å². The monoisotopic (exact) mass is 237 g/mol. The van der Waals surface area contributed by atoms with Gasteiger partial charge in [0.25, 0.3) is 0 Å². The second kappa shape index (κ2) is 4.83. The zero-order chi connectivity index (χ0) is 11.5. The fourth-order valence-electron chi connectivity index (χ4n) is 1.88. The molecule has 0 spiro atoms. The van der Waals surface area contributed by atoms with Gasteiger partial charge < -0.3 is 4.57 Å². The molecule has 0 aromatic carbocycles. The van der Waals surface area contributed by atoms with Crippen LogP contribution < -0.4 is 0 Å². The first kappa shape index (κ1) is 11.4. The van der Waals surface area contributed by atoms with Crippen LogP contribution in [0.25, 0.3) is 11.2 Å². The summed E-state index contributed by atoms with van der Waals surface area (Å²) in [6.45, 7) is 4.36. The van der Waals surface area contributed by atoms with Crippen LogP contribution in [-0.4, -0.2) is 20.4 Å². The lowest BCUT2D eigenvalue weighted by atomic mass is 10.2. The summed E-state index contributed by atoms with van der Waals surface area (Å²) in [5.41, 5.74) is 1.93. The lowest BCUT2D eigenvalue weighted by Gasteiger charge is -2.14. The summed E-state index contributed by atoms with van der Waals surface area (Å²) >= 11 is 5.81. The minimum absolute atomic E-state index is 0.415. The van der Waals surface area contributed by atoms with Crippen molar-refractivity contribution in [1.82, 2.24) is 14.5 Å². The van der Waals surface area contributed by atoms with E-state index in [9.17, 15) is 0 Å². The van der Waals surface area contributed by atoms with Crippen LogP contribution >= 0.6 is 11.6 Å². The third-order valence-electron chi connectivity index (χ3n) is 2.87. The normalized spacial score (nSPS) is 13.2. The number of alkyl halides is 1. The molecule has 0 bridgehead atoms. The number of imidazole rings is 1. The lowest BCUT2D eigenvalue weighted by molar-refractivity contribution is 0.521. The summed E-state index contributed by atoms with van der Waals surface area (Å²) < 4.78 is 2.21. The molecule has 86 valence electrons. The number of hydrogen-bond donors (Lipinski definition) is 0. The molecule has 0 aliphatic rings. The van der Waals surface area contributed by atoms with E-state index >= 15 is 0 Å². The Labute approximate surface area is 100 Å². The highest BCUT2D eigenvalue weighted by atomic mass is 35.5. The summed E-state index contributed by atoms with van der Waals surface area (Å²) in [7, 11) is 0. The maximum Gasteiger partial charge on any atom is 0.160 e. The van der Waals surface area contributed by atoms with E-state index in [4.69, 9.17) is 11.6 Å². The molecule has 0 saturated heterocycles. The Kier molecular flexibility index (Phi) is 3.44. The van der Waals surface area contributed by atoms with Crippen LogP contribution in [0.4, 0.5) is 0 Å². The highest BCUT2D eigenvalue weighted by molar-refractivity contribution is 6.17. The fraction of sp³-hybridized carbons (Fsp3) is 0.500. The molecule has 0 amide bonds. The number of halogens is 1. The van der Waals surface area contributed by atoms with Crippen LogP contribution in [0.5, 0.6) is 0 Å². The van der Waals surface area contributed by atoms with E-state index in [0.29, 0.717) is 11.9 Å². The first-order chi connectivity index (χ1) is 7.77. The van der Waals surface area contributed by atoms with Crippen molar-refractivity contribution in [2.45, 2.75) is 32.7 Å². The average Bonchev–Trinajstić information content (AvgIpc) is 2.66. The molecule has 1 unspecified atom stereocenters. The van der Waals surface area contributed by atoms with Crippen molar-refractivity contribution >= 4 is 22.8 Å². The molecule has 0 fully saturated rings. The summed E-state index contributed by atoms with van der Waals surface area (Å²) in [6, 6.07) is 4.33. The highest BCUT2D eigenvalue weighted by Crippen LogP contribution is 2.21. The molecule has 2 aromatic heterocycles. The second-order valence-corrected chi connectivity index (χ2v) is 4.32. The SMILES string of the molecule is CCC(C)n1c(CCCl)nc2cccnc21. The van der Waals surface area contributed by atoms with Gasteiger partial charge in [0.05, 0.1) is 0 Å². The van der Waals surface area contributed by atoms with Crippen molar-refractivity contribution in [2.75, 3.05) is 5.88 Å². The summed E-state index contributed by atoms with van der Waals surface area (Å²) in [5, 5.41) is 0. The van der Waals surface area contributed by atoms with Gasteiger partial charge >= 0.3 is 0 Å². The molecule has 4 heteroatoms. The molecule has 3 nitrogen and oxygen atoms in total. The molecule has 1 atom stereocenters. The largest absolute Gasteiger partial charge is 0.310 e. The Morgan fingerprint density at radius 2 is 2.31 bits per heavy atom. The van der Waals surface area contributed by atoms with Crippen molar-refractivity contribution < 1.29 is 0 Å². The van der Waals surface area contributed by atoms with Gasteiger partial charge in [0.1, 0.15) is 11.3 Å². The van der Waals surface area contributed by atoms with Gasteiger partial charge in [0.15, 0.2) is 5.65 Å². The van der Waals surface area contributed by atoms with E-state index in [1.807, 2.05) is 18.3 Å². The quantitative estimate of drug-likeness (QED) is 0.765. The molecule has 2 aromatic rings. The Bertz CT molecular complexity index is 478. The van der Waals surface area contributed by atoms with Crippen LogP contribution in [-0.2, 0) is 6.42 Å². The number of hydrogen-bond acceptors (Lipinski definition) is 2. The maximum absolute atomic E-state index is 5.81. The number of fused-ring (bicyclic) bond motifs is 1. The first-order valence-electron chi connectivity index (χ1n) is 5.65. The zero-order valence-electron chi connectivity index (χ0n) is 9.65. The minimum Gasteiger partial charge on any atom is -0.310 e. The molecule has 0 radical (unpaired) electrons. The van der Waals surface area contributed by atoms with E-state index in [1.54, 1.807) is 0 Å². The van der Waals surface area contributed by atoms with Crippen molar-refractivity contribution in [3.63, 3.8) is 0 Å². The number of pyridine rings is 1. The van der Waals surface area contributed by atoms with Crippen molar-refractivity contribution in [3.8, 4) is 0 Å². The zero-order valence-corrected chi connectivity index (χ0v) is 10.4. The van der Waals surface area contributed by atoms with Gasteiger partial charge in [-0.05, 0) is 25.5 Å². The van der Waals surface area contributed by atoms with Crippen molar-refractivity contribution in [2.24, 2.45) is 0 Å². The Morgan fingerprint density at radius 3 is 3.00 bits per heavy atom. The van der Waals surface area contributed by atoms with Crippen LogP contribution in [0.15, 0.2) is 18.3 Å². The predicted molar refractivity (Wildman–Crippen MR) is 67.0 cm³/mol. The summed E-state index contributed by atoms with van der Waals surface area (Å²) in [4.78, 5) is 9.00. The highest BCUT2D eigenvalue weighted by Gasteiger charge is 2.14. The van der Waals surface area contributed by atoms with E-state index in [-0.39, 0.29) is 0 Å². The average molecular weight is 238 g/mol. The third kappa shape index (κ3) is 1.92. The standard InChI is InChI=1S/C12H16ClN3/c1-3-9(2)16-11(6-7-13)15-10-5-4-8-14-12(10)16/h4-5,8-9H,3,6-7H2,1-2H3. The Balaban J connectivity index is 2.59. The van der Waals surface area contributed by atoms with Crippen molar-refractivity contribution in [3.05, 3.63) is 24.2 Å². The molecular weight excluding hydrogens is 222 g/mol. The predicted octanol–water partition coefficient (Wildman–Crippen LogP) is 3.18. The molecule has 0 N–H and O–H groups in total. The topological polar surface area (TPSA) is 30.7 Å². The fourth-order valence-corrected chi connectivity index (χ4v) is 2.05. The van der Waals surface area contributed by atoms with Gasteiger partial charge in [0, 0.05) is 24.5 Å². The molecule has 0 aliphatic heterocycles. The minimum atomic E-state index is 0.415. The number of nitrogens with zero attached hydrogens (tertiary/aromatic N) is 3. The van der Waals surface area contributed by atoms with Crippen LogP contribution in [0, 0.1) is 0 Å². The molecular formula is C12H16ClN3. The van der Waals surface area contributed by atoms with Gasteiger partial charge in [-0.15, -0.1) is 11.6 Å². The van der Waals surface area contributed by atoms with Gasteiger partial charge in [-0.25, -0.2) is 9.97 Å². The van der Waals surface area contributed by atoms with Crippen LogP contribution in [0.1, 0.15) is 32.1 Å². The smallest absolute Gasteiger partial charge is 0.160 e. The number of aromatic nitrogens is 3. The maximum atomic E-state index is 5.81. The number of aryl methyl sites for hydroxylation is 1. The number of rotatable bonds is 4. The van der Waals surface area contributed by atoms with Gasteiger partial charge in [0.2, 0.25) is 0 Å². The Morgan fingerprint density at radius 1 is 1.50 bits per heavy atom. The lowest BCUT2D eigenvalue weighted by Crippen LogP contribution is -2.09. The summed E-state index contributed by atoms with van der Waals surface area (Å²) in [6.07, 6.45) is 3.67. The van der Waals surface area contributed by atoms with Gasteiger partial charge in [-0.3, -0.25) is 0 Å². The third-order valence-corrected chi connectivity index (χ3v) is 3.06.